The van der Waals surface area contributed by atoms with Crippen molar-refractivity contribution in [1.82, 2.24) is 19.7 Å². The molecule has 3 aromatic rings. The third kappa shape index (κ3) is 5.23. The Labute approximate surface area is 182 Å². The van der Waals surface area contributed by atoms with Crippen molar-refractivity contribution in [2.75, 3.05) is 24.8 Å². The van der Waals surface area contributed by atoms with E-state index >= 15 is 0 Å². The highest BCUT2D eigenvalue weighted by Gasteiger charge is 2.19. The molecule has 0 saturated heterocycles. The van der Waals surface area contributed by atoms with Gasteiger partial charge in [0, 0.05) is 23.8 Å². The summed E-state index contributed by atoms with van der Waals surface area (Å²) in [6, 6.07) is 6.06. The molecule has 1 aromatic carbocycles. The van der Waals surface area contributed by atoms with Crippen molar-refractivity contribution < 1.29 is 9.84 Å². The first-order valence-corrected chi connectivity index (χ1v) is 10.6. The number of aromatic nitrogens is 4. The van der Waals surface area contributed by atoms with Gasteiger partial charge in [-0.25, -0.2) is 4.98 Å². The first-order chi connectivity index (χ1) is 14.8. The molecule has 0 radical (unpaired) electrons. The minimum atomic E-state index is -0.465. The SMILES string of the molecule is CCCC(CCO)Nc1nc(N)nc2cnn(Cc3ccc(C(C)(C)N)cc3OC)c12. The maximum Gasteiger partial charge on any atom is 0.222 e. The summed E-state index contributed by atoms with van der Waals surface area (Å²) in [4.78, 5) is 8.77. The minimum Gasteiger partial charge on any atom is -0.496 e. The molecule has 9 nitrogen and oxygen atoms in total. The molecule has 1 atom stereocenters. The zero-order valence-electron chi connectivity index (χ0n) is 18.7. The van der Waals surface area contributed by atoms with Crippen LogP contribution in [-0.4, -0.2) is 44.6 Å². The molecule has 0 spiro atoms. The summed E-state index contributed by atoms with van der Waals surface area (Å²) in [6.07, 6.45) is 4.20. The normalized spacial score (nSPS) is 12.8. The van der Waals surface area contributed by atoms with Crippen molar-refractivity contribution in [1.29, 1.82) is 0 Å². The van der Waals surface area contributed by atoms with Gasteiger partial charge in [0.2, 0.25) is 5.95 Å². The maximum absolute atomic E-state index is 9.42. The molecule has 0 aliphatic heterocycles. The Morgan fingerprint density at radius 3 is 2.68 bits per heavy atom. The van der Waals surface area contributed by atoms with E-state index in [0.717, 1.165) is 35.2 Å². The predicted molar refractivity (Wildman–Crippen MR) is 123 cm³/mol. The molecule has 0 aliphatic carbocycles. The van der Waals surface area contributed by atoms with Gasteiger partial charge in [-0.05, 0) is 38.3 Å². The van der Waals surface area contributed by atoms with Crippen LogP contribution in [0, 0.1) is 0 Å². The van der Waals surface area contributed by atoms with Crippen LogP contribution in [0.4, 0.5) is 11.8 Å². The first-order valence-electron chi connectivity index (χ1n) is 10.6. The first kappa shape index (κ1) is 22.8. The summed E-state index contributed by atoms with van der Waals surface area (Å²) in [5, 5.41) is 17.4. The predicted octanol–water partition coefficient (Wildman–Crippen LogP) is 2.62. The number of aliphatic hydroxyl groups excluding tert-OH is 1. The molecular formula is C22H33N7O2. The Hall–Kier alpha value is -2.91. The van der Waals surface area contributed by atoms with Gasteiger partial charge in [0.15, 0.2) is 5.82 Å². The Balaban J connectivity index is 2.00. The van der Waals surface area contributed by atoms with Crippen LogP contribution in [0.1, 0.15) is 51.2 Å². The van der Waals surface area contributed by atoms with Gasteiger partial charge < -0.3 is 26.6 Å². The fraction of sp³-hybridized carbons (Fsp3) is 0.500. The molecule has 168 valence electrons. The third-order valence-corrected chi connectivity index (χ3v) is 5.31. The summed E-state index contributed by atoms with van der Waals surface area (Å²) >= 11 is 0. The molecule has 0 bridgehead atoms. The van der Waals surface area contributed by atoms with Gasteiger partial charge >= 0.3 is 0 Å². The number of rotatable bonds is 10. The average Bonchev–Trinajstić information content (AvgIpc) is 3.10. The molecule has 3 rings (SSSR count). The van der Waals surface area contributed by atoms with Gasteiger partial charge in [0.25, 0.3) is 0 Å². The van der Waals surface area contributed by atoms with Crippen molar-refractivity contribution in [3.63, 3.8) is 0 Å². The summed E-state index contributed by atoms with van der Waals surface area (Å²) in [7, 11) is 1.65. The summed E-state index contributed by atoms with van der Waals surface area (Å²) in [6.45, 7) is 6.60. The van der Waals surface area contributed by atoms with E-state index in [2.05, 4.69) is 27.3 Å². The van der Waals surface area contributed by atoms with Crippen LogP contribution in [-0.2, 0) is 12.1 Å². The number of benzene rings is 1. The monoisotopic (exact) mass is 427 g/mol. The largest absolute Gasteiger partial charge is 0.496 e. The number of fused-ring (bicyclic) bond motifs is 1. The number of hydrogen-bond acceptors (Lipinski definition) is 8. The lowest BCUT2D eigenvalue weighted by Gasteiger charge is -2.21. The van der Waals surface area contributed by atoms with Gasteiger partial charge in [-0.1, -0.05) is 25.5 Å². The van der Waals surface area contributed by atoms with E-state index in [1.165, 1.54) is 0 Å². The Kier molecular flexibility index (Phi) is 6.97. The highest BCUT2D eigenvalue weighted by Crippen LogP contribution is 2.29. The molecular weight excluding hydrogens is 394 g/mol. The Bertz CT molecular complexity index is 1020. The number of nitrogens with zero attached hydrogens (tertiary/aromatic N) is 4. The zero-order chi connectivity index (χ0) is 22.6. The Morgan fingerprint density at radius 1 is 1.26 bits per heavy atom. The van der Waals surface area contributed by atoms with E-state index in [4.69, 9.17) is 16.2 Å². The lowest BCUT2D eigenvalue weighted by molar-refractivity contribution is 0.276. The zero-order valence-corrected chi connectivity index (χ0v) is 18.7. The highest BCUT2D eigenvalue weighted by atomic mass is 16.5. The van der Waals surface area contributed by atoms with Crippen LogP contribution in [0.3, 0.4) is 0 Å². The number of methoxy groups -OCH3 is 1. The number of anilines is 2. The molecule has 31 heavy (non-hydrogen) atoms. The minimum absolute atomic E-state index is 0.0801. The van der Waals surface area contributed by atoms with Gasteiger partial charge in [-0.15, -0.1) is 0 Å². The molecule has 1 unspecified atom stereocenters. The number of nitrogens with two attached hydrogens (primary N) is 2. The maximum atomic E-state index is 9.42. The molecule has 6 N–H and O–H groups in total. The van der Waals surface area contributed by atoms with Crippen molar-refractivity contribution in [3.8, 4) is 5.75 Å². The molecule has 0 aliphatic rings. The van der Waals surface area contributed by atoms with Gasteiger partial charge in [-0.2, -0.15) is 10.1 Å². The van der Waals surface area contributed by atoms with Gasteiger partial charge in [-0.3, -0.25) is 4.68 Å². The van der Waals surface area contributed by atoms with Gasteiger partial charge in [0.05, 0.1) is 19.9 Å². The van der Waals surface area contributed by atoms with Crippen LogP contribution in [0.15, 0.2) is 24.4 Å². The number of nitrogen functional groups attached to an aromatic ring is 1. The van der Waals surface area contributed by atoms with Crippen molar-refractivity contribution in [3.05, 3.63) is 35.5 Å². The second kappa shape index (κ2) is 9.49. The van der Waals surface area contributed by atoms with Crippen molar-refractivity contribution in [2.45, 2.75) is 58.2 Å². The van der Waals surface area contributed by atoms with Crippen molar-refractivity contribution >= 4 is 22.8 Å². The second-order valence-corrected chi connectivity index (χ2v) is 8.36. The van der Waals surface area contributed by atoms with Crippen LogP contribution in [0.25, 0.3) is 11.0 Å². The molecule has 0 fully saturated rings. The topological polar surface area (TPSA) is 137 Å². The summed E-state index contributed by atoms with van der Waals surface area (Å²) in [5.74, 6) is 1.54. The van der Waals surface area contributed by atoms with Crippen LogP contribution >= 0.6 is 0 Å². The summed E-state index contributed by atoms with van der Waals surface area (Å²) < 4.78 is 7.47. The highest BCUT2D eigenvalue weighted by molar-refractivity contribution is 5.86. The Morgan fingerprint density at radius 2 is 2.03 bits per heavy atom. The number of nitrogens with one attached hydrogen (secondary N) is 1. The van der Waals surface area contributed by atoms with Crippen LogP contribution in [0.5, 0.6) is 5.75 Å². The number of hydrogen-bond donors (Lipinski definition) is 4. The lowest BCUT2D eigenvalue weighted by Crippen LogP contribution is -2.28. The molecule has 9 heteroatoms. The molecule has 2 aromatic heterocycles. The fourth-order valence-electron chi connectivity index (χ4n) is 3.66. The fourth-order valence-corrected chi connectivity index (χ4v) is 3.66. The van der Waals surface area contributed by atoms with Crippen molar-refractivity contribution in [2.24, 2.45) is 5.73 Å². The smallest absolute Gasteiger partial charge is 0.222 e. The van der Waals surface area contributed by atoms with E-state index in [-0.39, 0.29) is 18.6 Å². The third-order valence-electron chi connectivity index (χ3n) is 5.31. The number of ether oxygens (including phenoxy) is 1. The van der Waals surface area contributed by atoms with E-state index in [0.29, 0.717) is 24.3 Å². The molecule has 0 amide bonds. The average molecular weight is 428 g/mol. The van der Waals surface area contributed by atoms with E-state index in [9.17, 15) is 5.11 Å². The van der Waals surface area contributed by atoms with Crippen LogP contribution < -0.4 is 21.5 Å². The molecule has 2 heterocycles. The second-order valence-electron chi connectivity index (χ2n) is 8.36. The summed E-state index contributed by atoms with van der Waals surface area (Å²) in [5.41, 5.74) is 15.1. The van der Waals surface area contributed by atoms with E-state index in [1.807, 2.05) is 36.7 Å². The lowest BCUT2D eigenvalue weighted by atomic mass is 9.94. The molecule has 0 saturated carbocycles. The van der Waals surface area contributed by atoms with Crippen LogP contribution in [0.2, 0.25) is 0 Å². The quantitative estimate of drug-likeness (QED) is 0.387. The number of aliphatic hydroxyl groups is 1. The van der Waals surface area contributed by atoms with E-state index in [1.54, 1.807) is 13.3 Å². The van der Waals surface area contributed by atoms with Gasteiger partial charge in [0.1, 0.15) is 16.8 Å². The standard InChI is InChI=1S/C22H33N7O2/c1-5-6-16(9-10-30)26-20-19-17(27-21(23)28-20)12-25-29(19)13-14-7-8-15(22(2,3)24)11-18(14)31-4/h7-8,11-12,16,30H,5-6,9-10,13,24H2,1-4H3,(H3,23,26,27,28). The van der Waals surface area contributed by atoms with E-state index < -0.39 is 5.54 Å².